The molecule has 0 unspecified atom stereocenters. The summed E-state index contributed by atoms with van der Waals surface area (Å²) in [5.74, 6) is -0.400. The van der Waals surface area contributed by atoms with Crippen LogP contribution in [0.25, 0.3) is 11.1 Å². The zero-order chi connectivity index (χ0) is 16.1. The van der Waals surface area contributed by atoms with Gasteiger partial charge in [0.2, 0.25) is 0 Å². The first-order valence-corrected chi connectivity index (χ1v) is 7.31. The van der Waals surface area contributed by atoms with E-state index in [-0.39, 0.29) is 5.56 Å². The Morgan fingerprint density at radius 3 is 2.00 bits per heavy atom. The minimum atomic E-state index is -1.17. The quantitative estimate of drug-likeness (QED) is 0.726. The van der Waals surface area contributed by atoms with E-state index < -0.39 is 5.97 Å². The topological polar surface area (TPSA) is 49.4 Å². The van der Waals surface area contributed by atoms with Crippen LogP contribution in [0.4, 0.5) is 0 Å². The number of hydrogen-bond donors (Lipinski definition) is 0. The fourth-order valence-electron chi connectivity index (χ4n) is 2.28. The van der Waals surface area contributed by atoms with Crippen molar-refractivity contribution in [2.75, 3.05) is 0 Å². The van der Waals surface area contributed by atoms with E-state index in [0.717, 1.165) is 22.4 Å². The smallest absolute Gasteiger partial charge is 0.119 e. The van der Waals surface area contributed by atoms with Gasteiger partial charge in [0.15, 0.2) is 0 Å². The van der Waals surface area contributed by atoms with E-state index in [9.17, 15) is 9.90 Å². The second-order valence-electron chi connectivity index (χ2n) is 5.16. The monoisotopic (exact) mass is 303 g/mol. The Morgan fingerprint density at radius 1 is 0.783 bits per heavy atom. The predicted octanol–water partition coefficient (Wildman–Crippen LogP) is 3.30. The summed E-state index contributed by atoms with van der Waals surface area (Å²) in [4.78, 5) is 10.7. The molecule has 23 heavy (non-hydrogen) atoms. The molecule has 3 aromatic carbocycles. The van der Waals surface area contributed by atoms with Crippen LogP contribution >= 0.6 is 0 Å². The van der Waals surface area contributed by atoms with Crippen molar-refractivity contribution in [1.29, 1.82) is 0 Å². The predicted molar refractivity (Wildman–Crippen MR) is 87.0 cm³/mol. The lowest BCUT2D eigenvalue weighted by Gasteiger charge is -2.09. The number of carbonyl (C=O) groups excluding carboxylic acids is 1. The standard InChI is InChI=1S/C20H16O3/c21-20(22)18-8-6-15(7-9-18)14-23-19-12-10-17(11-13-19)16-4-2-1-3-5-16/h1-13H,14H2,(H,21,22)/p-1. The maximum Gasteiger partial charge on any atom is 0.119 e. The summed E-state index contributed by atoms with van der Waals surface area (Å²) in [6, 6.07) is 24.5. The molecule has 0 heterocycles. The van der Waals surface area contributed by atoms with Gasteiger partial charge < -0.3 is 14.6 Å². The molecule has 0 saturated carbocycles. The van der Waals surface area contributed by atoms with E-state index >= 15 is 0 Å². The van der Waals surface area contributed by atoms with Crippen molar-refractivity contribution in [2.45, 2.75) is 6.61 Å². The van der Waals surface area contributed by atoms with E-state index in [4.69, 9.17) is 4.74 Å². The third-order valence-electron chi connectivity index (χ3n) is 3.56. The summed E-state index contributed by atoms with van der Waals surface area (Å²) in [5, 5.41) is 10.7. The first-order chi connectivity index (χ1) is 11.2. The maximum atomic E-state index is 10.7. The number of benzene rings is 3. The number of carbonyl (C=O) groups is 1. The summed E-state index contributed by atoms with van der Waals surface area (Å²) >= 11 is 0. The molecule has 0 N–H and O–H groups in total. The van der Waals surface area contributed by atoms with Crippen LogP contribution in [0.1, 0.15) is 15.9 Å². The number of carboxylic acids is 1. The van der Waals surface area contributed by atoms with Crippen LogP contribution in [-0.2, 0) is 6.61 Å². The first-order valence-electron chi connectivity index (χ1n) is 7.31. The first kappa shape index (κ1) is 14.9. The lowest BCUT2D eigenvalue weighted by molar-refractivity contribution is -0.255. The van der Waals surface area contributed by atoms with E-state index in [1.807, 2.05) is 42.5 Å². The van der Waals surface area contributed by atoms with Gasteiger partial charge in [0, 0.05) is 0 Å². The van der Waals surface area contributed by atoms with E-state index in [0.29, 0.717) is 6.61 Å². The van der Waals surface area contributed by atoms with Gasteiger partial charge in [-0.15, -0.1) is 0 Å². The summed E-state index contributed by atoms with van der Waals surface area (Å²) in [5.41, 5.74) is 3.37. The van der Waals surface area contributed by atoms with Gasteiger partial charge in [-0.2, -0.15) is 0 Å². The van der Waals surface area contributed by atoms with Crippen molar-refractivity contribution in [1.82, 2.24) is 0 Å². The van der Waals surface area contributed by atoms with Gasteiger partial charge in [-0.3, -0.25) is 0 Å². The second-order valence-corrected chi connectivity index (χ2v) is 5.16. The van der Waals surface area contributed by atoms with Crippen LogP contribution in [0.5, 0.6) is 5.75 Å². The molecule has 3 nitrogen and oxygen atoms in total. The number of aromatic carboxylic acids is 1. The SMILES string of the molecule is O=C([O-])c1ccc(COc2ccc(-c3ccccc3)cc2)cc1. The molecule has 0 aliphatic rings. The summed E-state index contributed by atoms with van der Waals surface area (Å²) < 4.78 is 5.72. The fourth-order valence-corrected chi connectivity index (χ4v) is 2.28. The van der Waals surface area contributed by atoms with Crippen molar-refractivity contribution in [3.05, 3.63) is 90.0 Å². The molecule has 3 rings (SSSR count). The molecule has 0 aliphatic carbocycles. The molecule has 0 atom stereocenters. The molecule has 0 spiro atoms. The molecule has 0 aromatic heterocycles. The van der Waals surface area contributed by atoms with E-state index in [1.54, 1.807) is 12.1 Å². The highest BCUT2D eigenvalue weighted by molar-refractivity contribution is 5.85. The van der Waals surface area contributed by atoms with Gasteiger partial charge in [0.05, 0.1) is 5.97 Å². The number of hydrogen-bond acceptors (Lipinski definition) is 3. The van der Waals surface area contributed by atoms with Gasteiger partial charge in [0.25, 0.3) is 0 Å². The van der Waals surface area contributed by atoms with Crippen LogP contribution in [-0.4, -0.2) is 5.97 Å². The summed E-state index contributed by atoms with van der Waals surface area (Å²) in [6.45, 7) is 0.387. The summed E-state index contributed by atoms with van der Waals surface area (Å²) in [6.07, 6.45) is 0. The molecular weight excluding hydrogens is 288 g/mol. The number of rotatable bonds is 5. The van der Waals surface area contributed by atoms with Crippen molar-refractivity contribution in [3.8, 4) is 16.9 Å². The van der Waals surface area contributed by atoms with Crippen LogP contribution in [0.2, 0.25) is 0 Å². The molecule has 0 bridgehead atoms. The largest absolute Gasteiger partial charge is 0.545 e. The molecule has 114 valence electrons. The Kier molecular flexibility index (Phi) is 4.39. The normalized spacial score (nSPS) is 10.3. The highest BCUT2D eigenvalue weighted by Crippen LogP contribution is 2.22. The number of ether oxygens (including phenoxy) is 1. The Bertz CT molecular complexity index is 775. The third kappa shape index (κ3) is 3.77. The molecule has 0 radical (unpaired) electrons. The van der Waals surface area contributed by atoms with Crippen molar-refractivity contribution in [3.63, 3.8) is 0 Å². The number of carboxylic acid groups (broad SMARTS) is 1. The highest BCUT2D eigenvalue weighted by atomic mass is 16.5. The van der Waals surface area contributed by atoms with Crippen molar-refractivity contribution >= 4 is 5.97 Å². The molecule has 0 aliphatic heterocycles. The Morgan fingerprint density at radius 2 is 1.39 bits per heavy atom. The van der Waals surface area contributed by atoms with Gasteiger partial charge in [-0.1, -0.05) is 66.7 Å². The maximum absolute atomic E-state index is 10.7. The fraction of sp³-hybridized carbons (Fsp3) is 0.0500. The van der Waals surface area contributed by atoms with Crippen molar-refractivity contribution in [2.24, 2.45) is 0 Å². The average Bonchev–Trinajstić information content (AvgIpc) is 2.61. The van der Waals surface area contributed by atoms with Gasteiger partial charge in [-0.25, -0.2) is 0 Å². The van der Waals surface area contributed by atoms with Crippen LogP contribution in [0.3, 0.4) is 0 Å². The molecular formula is C20H15O3-. The second kappa shape index (κ2) is 6.79. The van der Waals surface area contributed by atoms with Gasteiger partial charge in [0.1, 0.15) is 12.4 Å². The molecule has 0 fully saturated rings. The lowest BCUT2D eigenvalue weighted by atomic mass is 10.1. The Balaban J connectivity index is 1.63. The third-order valence-corrected chi connectivity index (χ3v) is 3.56. The Labute approximate surface area is 134 Å². The zero-order valence-corrected chi connectivity index (χ0v) is 12.4. The molecule has 3 heteroatoms. The van der Waals surface area contributed by atoms with Gasteiger partial charge in [-0.05, 0) is 34.4 Å². The van der Waals surface area contributed by atoms with Crippen LogP contribution < -0.4 is 9.84 Å². The summed E-state index contributed by atoms with van der Waals surface area (Å²) in [7, 11) is 0. The molecule has 0 amide bonds. The highest BCUT2D eigenvalue weighted by Gasteiger charge is 2.00. The minimum absolute atomic E-state index is 0.168. The Hall–Kier alpha value is -3.07. The molecule has 3 aromatic rings. The van der Waals surface area contributed by atoms with Crippen molar-refractivity contribution < 1.29 is 14.6 Å². The zero-order valence-electron chi connectivity index (χ0n) is 12.4. The van der Waals surface area contributed by atoms with Gasteiger partial charge >= 0.3 is 0 Å². The van der Waals surface area contributed by atoms with Crippen LogP contribution in [0, 0.1) is 0 Å². The van der Waals surface area contributed by atoms with Crippen LogP contribution in [0.15, 0.2) is 78.9 Å². The lowest BCUT2D eigenvalue weighted by Crippen LogP contribution is -2.22. The van der Waals surface area contributed by atoms with E-state index in [1.165, 1.54) is 12.1 Å². The molecule has 0 saturated heterocycles. The minimum Gasteiger partial charge on any atom is -0.545 e. The average molecular weight is 303 g/mol. The van der Waals surface area contributed by atoms with E-state index in [2.05, 4.69) is 12.1 Å².